The summed E-state index contributed by atoms with van der Waals surface area (Å²) >= 11 is 0. The summed E-state index contributed by atoms with van der Waals surface area (Å²) in [4.78, 5) is 26.7. The van der Waals surface area contributed by atoms with E-state index in [2.05, 4.69) is 5.10 Å². The Morgan fingerprint density at radius 1 is 0.962 bits per heavy atom. The number of hydrogen-bond acceptors (Lipinski definition) is 4. The molecule has 2 aromatic carbocycles. The van der Waals surface area contributed by atoms with Gasteiger partial charge in [0.15, 0.2) is 0 Å². The molecule has 26 heavy (non-hydrogen) atoms. The number of benzene rings is 2. The largest absolute Gasteiger partial charge is 0.333 e. The molecule has 0 radical (unpaired) electrons. The zero-order chi connectivity index (χ0) is 18.3. The zero-order valence-corrected chi connectivity index (χ0v) is 14.2. The topological polar surface area (TPSA) is 60.1 Å². The van der Waals surface area contributed by atoms with E-state index in [1.165, 1.54) is 16.7 Å². The quantitative estimate of drug-likeness (QED) is 0.677. The Morgan fingerprint density at radius 2 is 1.65 bits per heavy atom. The number of hydrogen-bond donors (Lipinski definition) is 0. The Hall–Kier alpha value is -3.22. The summed E-state index contributed by atoms with van der Waals surface area (Å²) in [6.07, 6.45) is 0. The highest BCUT2D eigenvalue weighted by molar-refractivity contribution is 5.59. The molecule has 2 heterocycles. The molecule has 132 valence electrons. The van der Waals surface area contributed by atoms with E-state index in [0.29, 0.717) is 24.6 Å². The van der Waals surface area contributed by atoms with Gasteiger partial charge in [0.1, 0.15) is 5.82 Å². The lowest BCUT2D eigenvalue weighted by atomic mass is 10.2. The number of fused-ring (bicyclic) bond motifs is 1. The number of halogens is 1. The minimum atomic E-state index is -0.677. The first kappa shape index (κ1) is 16.3. The molecule has 3 aromatic rings. The van der Waals surface area contributed by atoms with Crippen molar-refractivity contribution < 1.29 is 4.39 Å². The lowest BCUT2D eigenvalue weighted by Crippen LogP contribution is -2.42. The number of aromatic nitrogens is 3. The highest BCUT2D eigenvalue weighted by Gasteiger charge is 2.25. The summed E-state index contributed by atoms with van der Waals surface area (Å²) in [6, 6.07) is 13.7. The van der Waals surface area contributed by atoms with Crippen LogP contribution in [-0.4, -0.2) is 20.9 Å². The van der Waals surface area contributed by atoms with Crippen LogP contribution in [0.15, 0.2) is 58.1 Å². The van der Waals surface area contributed by atoms with Crippen LogP contribution in [0.5, 0.6) is 0 Å². The number of nitrogens with zero attached hydrogens (tertiary/aromatic N) is 4. The first-order valence-electron chi connectivity index (χ1n) is 8.33. The average molecular weight is 352 g/mol. The van der Waals surface area contributed by atoms with Gasteiger partial charge in [-0.2, -0.15) is 0 Å². The molecule has 0 N–H and O–H groups in total. The predicted octanol–water partition coefficient (Wildman–Crippen LogP) is 2.05. The van der Waals surface area contributed by atoms with Crippen LogP contribution >= 0.6 is 0 Å². The van der Waals surface area contributed by atoms with Crippen LogP contribution in [0.1, 0.15) is 11.1 Å². The van der Waals surface area contributed by atoms with Gasteiger partial charge in [-0.15, -0.1) is 5.10 Å². The Morgan fingerprint density at radius 3 is 2.35 bits per heavy atom. The Kier molecular flexibility index (Phi) is 3.91. The molecule has 6 nitrogen and oxygen atoms in total. The Bertz CT molecular complexity index is 1070. The number of anilines is 2. The van der Waals surface area contributed by atoms with Gasteiger partial charge in [0.05, 0.1) is 6.54 Å². The van der Waals surface area contributed by atoms with E-state index >= 15 is 0 Å². The average Bonchev–Trinajstić information content (AvgIpc) is 3.06. The Labute approximate surface area is 148 Å². The first-order chi connectivity index (χ1) is 12.5. The van der Waals surface area contributed by atoms with Crippen molar-refractivity contribution >= 4 is 11.6 Å². The van der Waals surface area contributed by atoms with Crippen molar-refractivity contribution in [3.05, 3.63) is 86.2 Å². The van der Waals surface area contributed by atoms with Gasteiger partial charge in [0, 0.05) is 18.8 Å². The molecule has 0 saturated heterocycles. The molecule has 0 saturated carbocycles. The second-order valence-corrected chi connectivity index (χ2v) is 6.33. The molecular formula is C19H17FN4O2. The van der Waals surface area contributed by atoms with Crippen LogP contribution in [-0.2, 0) is 13.1 Å². The third-order valence-corrected chi connectivity index (χ3v) is 4.49. The zero-order valence-electron chi connectivity index (χ0n) is 14.2. The summed E-state index contributed by atoms with van der Waals surface area (Å²) in [7, 11) is 0. The van der Waals surface area contributed by atoms with E-state index in [1.807, 2.05) is 36.1 Å². The Balaban J connectivity index is 1.76. The van der Waals surface area contributed by atoms with Gasteiger partial charge >= 0.3 is 11.1 Å². The smallest absolute Gasteiger partial charge is 0.309 e. The second-order valence-electron chi connectivity index (χ2n) is 6.33. The lowest BCUT2D eigenvalue weighted by Gasteiger charge is -2.18. The van der Waals surface area contributed by atoms with E-state index in [4.69, 9.17) is 0 Å². The van der Waals surface area contributed by atoms with Crippen LogP contribution < -0.4 is 16.0 Å². The van der Waals surface area contributed by atoms with Gasteiger partial charge in [-0.25, -0.2) is 9.07 Å². The van der Waals surface area contributed by atoms with Gasteiger partial charge in [0.25, 0.3) is 0 Å². The van der Waals surface area contributed by atoms with Gasteiger partial charge in [-0.3, -0.25) is 14.2 Å². The third-order valence-electron chi connectivity index (χ3n) is 4.49. The van der Waals surface area contributed by atoms with Crippen molar-refractivity contribution in [2.24, 2.45) is 0 Å². The first-order valence-corrected chi connectivity index (χ1v) is 8.33. The molecule has 0 atom stereocenters. The molecule has 0 fully saturated rings. The van der Waals surface area contributed by atoms with Gasteiger partial charge in [0.2, 0.25) is 5.95 Å². The fraction of sp³-hybridized carbons (Fsp3) is 0.211. The highest BCUT2D eigenvalue weighted by Crippen LogP contribution is 2.26. The summed E-state index contributed by atoms with van der Waals surface area (Å²) in [6.45, 7) is 3.11. The van der Waals surface area contributed by atoms with Gasteiger partial charge in [-0.05, 0) is 36.8 Å². The number of aryl methyl sites for hydroxylation is 1. The number of rotatable bonds is 3. The third kappa shape index (κ3) is 2.81. The summed E-state index contributed by atoms with van der Waals surface area (Å²) in [5, 5.41) is 4.41. The second kappa shape index (κ2) is 6.25. The van der Waals surface area contributed by atoms with Crippen molar-refractivity contribution in [3.8, 4) is 0 Å². The molecule has 1 aliphatic rings. The minimum absolute atomic E-state index is 0.115. The van der Waals surface area contributed by atoms with Crippen LogP contribution in [0.2, 0.25) is 0 Å². The molecule has 7 heteroatoms. The molecule has 0 unspecified atom stereocenters. The van der Waals surface area contributed by atoms with E-state index in [1.54, 1.807) is 12.1 Å². The maximum atomic E-state index is 13.1. The lowest BCUT2D eigenvalue weighted by molar-refractivity contribution is 0.588. The molecule has 0 bridgehead atoms. The van der Waals surface area contributed by atoms with Gasteiger partial charge < -0.3 is 4.90 Å². The SMILES string of the molecule is Cc1ccc(N2CCn3c2nn(Cc2ccc(F)cc2)c(=O)c3=O)cc1. The fourth-order valence-electron chi connectivity index (χ4n) is 3.06. The summed E-state index contributed by atoms with van der Waals surface area (Å²) < 4.78 is 15.6. The molecule has 1 aliphatic heterocycles. The highest BCUT2D eigenvalue weighted by atomic mass is 19.1. The minimum Gasteiger partial charge on any atom is -0.309 e. The summed E-state index contributed by atoms with van der Waals surface area (Å²) in [5.74, 6) is 0.0918. The molecule has 0 spiro atoms. The van der Waals surface area contributed by atoms with Crippen molar-refractivity contribution in [1.82, 2.24) is 14.3 Å². The van der Waals surface area contributed by atoms with Crippen LogP contribution in [0.3, 0.4) is 0 Å². The van der Waals surface area contributed by atoms with E-state index in [0.717, 1.165) is 15.9 Å². The standard InChI is InChI=1S/C19H17FN4O2/c1-13-2-8-16(9-3-13)22-10-11-23-17(25)18(26)24(21-19(22)23)12-14-4-6-15(20)7-5-14/h2-9H,10-12H2,1H3. The van der Waals surface area contributed by atoms with Crippen molar-refractivity contribution in [2.75, 3.05) is 11.4 Å². The molecule has 1 aromatic heterocycles. The molecule has 0 amide bonds. The van der Waals surface area contributed by atoms with E-state index in [9.17, 15) is 14.0 Å². The van der Waals surface area contributed by atoms with Crippen molar-refractivity contribution in [3.63, 3.8) is 0 Å². The summed E-state index contributed by atoms with van der Waals surface area (Å²) in [5.41, 5.74) is 1.49. The van der Waals surface area contributed by atoms with Crippen molar-refractivity contribution in [1.29, 1.82) is 0 Å². The maximum Gasteiger partial charge on any atom is 0.333 e. The maximum absolute atomic E-state index is 13.1. The normalized spacial score (nSPS) is 13.1. The van der Waals surface area contributed by atoms with Crippen LogP contribution in [0.4, 0.5) is 16.0 Å². The van der Waals surface area contributed by atoms with Crippen LogP contribution in [0.25, 0.3) is 0 Å². The monoisotopic (exact) mass is 352 g/mol. The molecular weight excluding hydrogens is 335 g/mol. The molecule has 4 rings (SSSR count). The molecule has 0 aliphatic carbocycles. The fourth-order valence-corrected chi connectivity index (χ4v) is 3.06. The van der Waals surface area contributed by atoms with Crippen molar-refractivity contribution in [2.45, 2.75) is 20.0 Å². The van der Waals surface area contributed by atoms with Crippen LogP contribution in [0, 0.1) is 12.7 Å². The predicted molar refractivity (Wildman–Crippen MR) is 96.4 cm³/mol. The van der Waals surface area contributed by atoms with E-state index < -0.39 is 11.1 Å². The van der Waals surface area contributed by atoms with Gasteiger partial charge in [-0.1, -0.05) is 29.8 Å². The van der Waals surface area contributed by atoms with E-state index in [-0.39, 0.29) is 12.4 Å².